The molecule has 1 aromatic rings. The Balaban J connectivity index is 3.07. The van der Waals surface area contributed by atoms with Gasteiger partial charge in [0.2, 0.25) is 0 Å². The second-order valence-electron chi connectivity index (χ2n) is 1.66. The van der Waals surface area contributed by atoms with E-state index >= 15 is 0 Å². The SMILES string of the molecule is Nc1nc(Cl)cnc1CCl. The van der Waals surface area contributed by atoms with Crippen molar-refractivity contribution < 1.29 is 0 Å². The maximum Gasteiger partial charge on any atom is 0.149 e. The molecule has 0 aliphatic rings. The molecule has 10 heavy (non-hydrogen) atoms. The highest BCUT2D eigenvalue weighted by atomic mass is 35.5. The molecule has 0 aromatic carbocycles. The highest BCUT2D eigenvalue weighted by Crippen LogP contribution is 2.11. The molecule has 0 fully saturated rings. The molecule has 54 valence electrons. The molecule has 0 unspecified atom stereocenters. The van der Waals surface area contributed by atoms with Crippen LogP contribution in [0.4, 0.5) is 5.82 Å². The number of nitrogens with zero attached hydrogens (tertiary/aromatic N) is 2. The minimum Gasteiger partial charge on any atom is -0.382 e. The van der Waals surface area contributed by atoms with E-state index in [4.69, 9.17) is 28.9 Å². The first kappa shape index (κ1) is 7.57. The van der Waals surface area contributed by atoms with E-state index in [1.54, 1.807) is 0 Å². The summed E-state index contributed by atoms with van der Waals surface area (Å²) in [5, 5.41) is 0.284. The third-order valence-electron chi connectivity index (χ3n) is 0.976. The van der Waals surface area contributed by atoms with E-state index in [0.29, 0.717) is 11.5 Å². The van der Waals surface area contributed by atoms with Gasteiger partial charge in [-0.3, -0.25) is 4.98 Å². The highest BCUT2D eigenvalue weighted by molar-refractivity contribution is 6.29. The van der Waals surface area contributed by atoms with Crippen LogP contribution in [0.25, 0.3) is 0 Å². The Morgan fingerprint density at radius 3 is 2.80 bits per heavy atom. The van der Waals surface area contributed by atoms with Crippen LogP contribution in [-0.2, 0) is 5.88 Å². The Labute approximate surface area is 68.2 Å². The van der Waals surface area contributed by atoms with Crippen molar-refractivity contribution in [2.45, 2.75) is 5.88 Å². The highest BCUT2D eigenvalue weighted by Gasteiger charge is 1.99. The van der Waals surface area contributed by atoms with Crippen molar-refractivity contribution in [2.24, 2.45) is 0 Å². The molecule has 3 nitrogen and oxygen atoms in total. The summed E-state index contributed by atoms with van der Waals surface area (Å²) in [6.45, 7) is 0. The summed E-state index contributed by atoms with van der Waals surface area (Å²) in [5.74, 6) is 0.554. The molecule has 0 spiro atoms. The maximum atomic E-state index is 5.48. The van der Waals surface area contributed by atoms with Crippen LogP contribution in [0, 0.1) is 0 Å². The Hall–Kier alpha value is -0.540. The van der Waals surface area contributed by atoms with E-state index in [1.807, 2.05) is 0 Å². The fraction of sp³-hybridized carbons (Fsp3) is 0.200. The first-order chi connectivity index (χ1) is 4.74. The third kappa shape index (κ3) is 1.49. The fourth-order valence-corrected chi connectivity index (χ4v) is 0.855. The molecule has 1 aromatic heterocycles. The second kappa shape index (κ2) is 3.03. The molecule has 0 amide bonds. The van der Waals surface area contributed by atoms with Crippen LogP contribution in [0.1, 0.15) is 5.69 Å². The van der Waals surface area contributed by atoms with Crippen molar-refractivity contribution in [2.75, 3.05) is 5.73 Å². The largest absolute Gasteiger partial charge is 0.382 e. The standard InChI is InChI=1S/C5H5Cl2N3/c6-1-3-5(8)10-4(7)2-9-3/h2H,1H2,(H2,8,10). The van der Waals surface area contributed by atoms with Gasteiger partial charge in [0.25, 0.3) is 0 Å². The van der Waals surface area contributed by atoms with Gasteiger partial charge in [-0.2, -0.15) is 0 Å². The number of hydrogen-bond donors (Lipinski definition) is 1. The number of halogens is 2. The van der Waals surface area contributed by atoms with Gasteiger partial charge in [-0.1, -0.05) is 11.6 Å². The molecule has 1 rings (SSSR count). The summed E-state index contributed by atoms with van der Waals surface area (Å²) in [4.78, 5) is 7.59. The van der Waals surface area contributed by atoms with Crippen LogP contribution in [0.15, 0.2) is 6.20 Å². The number of alkyl halides is 1. The fourth-order valence-electron chi connectivity index (χ4n) is 0.509. The Morgan fingerprint density at radius 2 is 2.30 bits per heavy atom. The monoisotopic (exact) mass is 177 g/mol. The van der Waals surface area contributed by atoms with Crippen LogP contribution >= 0.6 is 23.2 Å². The van der Waals surface area contributed by atoms with E-state index in [-0.39, 0.29) is 11.0 Å². The molecule has 0 atom stereocenters. The lowest BCUT2D eigenvalue weighted by atomic mass is 10.5. The van der Waals surface area contributed by atoms with Gasteiger partial charge in [0, 0.05) is 0 Å². The topological polar surface area (TPSA) is 51.8 Å². The van der Waals surface area contributed by atoms with E-state index in [2.05, 4.69) is 9.97 Å². The van der Waals surface area contributed by atoms with E-state index in [0.717, 1.165) is 0 Å². The van der Waals surface area contributed by atoms with Crippen molar-refractivity contribution >= 4 is 29.0 Å². The molecule has 0 bridgehead atoms. The molecular weight excluding hydrogens is 173 g/mol. The normalized spacial score (nSPS) is 9.80. The lowest BCUT2D eigenvalue weighted by Gasteiger charge is -1.97. The molecular formula is C5H5Cl2N3. The zero-order chi connectivity index (χ0) is 7.56. The van der Waals surface area contributed by atoms with Crippen molar-refractivity contribution in [3.63, 3.8) is 0 Å². The summed E-state index contributed by atoms with van der Waals surface area (Å²) in [5.41, 5.74) is 5.95. The smallest absolute Gasteiger partial charge is 0.149 e. The predicted molar refractivity (Wildman–Crippen MR) is 41.0 cm³/mol. The van der Waals surface area contributed by atoms with Gasteiger partial charge in [-0.25, -0.2) is 4.98 Å². The van der Waals surface area contributed by atoms with E-state index in [1.165, 1.54) is 6.20 Å². The predicted octanol–water partition coefficient (Wildman–Crippen LogP) is 1.45. The number of nitrogen functional groups attached to an aromatic ring is 1. The molecule has 0 saturated heterocycles. The van der Waals surface area contributed by atoms with Gasteiger partial charge >= 0.3 is 0 Å². The van der Waals surface area contributed by atoms with Gasteiger partial charge in [0.15, 0.2) is 0 Å². The van der Waals surface area contributed by atoms with Gasteiger partial charge in [0.05, 0.1) is 17.8 Å². The van der Waals surface area contributed by atoms with Crippen molar-refractivity contribution in [1.82, 2.24) is 9.97 Å². The summed E-state index contributed by atoms with van der Waals surface area (Å²) >= 11 is 10.9. The molecule has 0 radical (unpaired) electrons. The first-order valence-corrected chi connectivity index (χ1v) is 3.48. The molecule has 2 N–H and O–H groups in total. The average molecular weight is 178 g/mol. The number of nitrogens with two attached hydrogens (primary N) is 1. The molecule has 0 saturated carbocycles. The minimum absolute atomic E-state index is 0.260. The van der Waals surface area contributed by atoms with Crippen LogP contribution in [0.3, 0.4) is 0 Å². The zero-order valence-corrected chi connectivity index (χ0v) is 6.52. The quantitative estimate of drug-likeness (QED) is 0.662. The van der Waals surface area contributed by atoms with Crippen molar-refractivity contribution in [3.8, 4) is 0 Å². The second-order valence-corrected chi connectivity index (χ2v) is 2.31. The average Bonchev–Trinajstić information content (AvgIpc) is 1.88. The third-order valence-corrected chi connectivity index (χ3v) is 1.41. The van der Waals surface area contributed by atoms with E-state index in [9.17, 15) is 0 Å². The van der Waals surface area contributed by atoms with E-state index < -0.39 is 0 Å². The molecule has 5 heteroatoms. The van der Waals surface area contributed by atoms with Crippen molar-refractivity contribution in [3.05, 3.63) is 17.0 Å². The van der Waals surface area contributed by atoms with Crippen LogP contribution < -0.4 is 5.73 Å². The number of hydrogen-bond acceptors (Lipinski definition) is 3. The first-order valence-electron chi connectivity index (χ1n) is 2.57. The summed E-state index contributed by atoms with van der Waals surface area (Å²) < 4.78 is 0. The maximum absolute atomic E-state index is 5.48. The van der Waals surface area contributed by atoms with Gasteiger partial charge in [-0.15, -0.1) is 11.6 Å². The number of anilines is 1. The lowest BCUT2D eigenvalue weighted by Crippen LogP contribution is -1.98. The number of rotatable bonds is 1. The zero-order valence-electron chi connectivity index (χ0n) is 5.01. The molecule has 1 heterocycles. The molecule has 0 aliphatic heterocycles. The lowest BCUT2D eigenvalue weighted by molar-refractivity contribution is 1.11. The summed E-state index contributed by atoms with van der Waals surface area (Å²) in [7, 11) is 0. The van der Waals surface area contributed by atoms with Crippen LogP contribution in [-0.4, -0.2) is 9.97 Å². The number of aromatic nitrogens is 2. The van der Waals surface area contributed by atoms with Gasteiger partial charge in [-0.05, 0) is 0 Å². The Bertz CT molecular complexity index is 238. The van der Waals surface area contributed by atoms with Gasteiger partial charge in [0.1, 0.15) is 11.0 Å². The summed E-state index contributed by atoms with van der Waals surface area (Å²) in [6.07, 6.45) is 1.41. The molecule has 0 aliphatic carbocycles. The van der Waals surface area contributed by atoms with Crippen LogP contribution in [0.5, 0.6) is 0 Å². The Kier molecular flexibility index (Phi) is 2.29. The van der Waals surface area contributed by atoms with Crippen molar-refractivity contribution in [1.29, 1.82) is 0 Å². The van der Waals surface area contributed by atoms with Gasteiger partial charge < -0.3 is 5.73 Å². The summed E-state index contributed by atoms with van der Waals surface area (Å²) in [6, 6.07) is 0. The van der Waals surface area contributed by atoms with Crippen LogP contribution in [0.2, 0.25) is 5.15 Å². The minimum atomic E-state index is 0.260. The Morgan fingerprint density at radius 1 is 1.60 bits per heavy atom.